The number of hydrogen-bond donors (Lipinski definition) is 1. The molecule has 0 unspecified atom stereocenters. The van der Waals surface area contributed by atoms with E-state index in [9.17, 15) is 0 Å². The van der Waals surface area contributed by atoms with Gasteiger partial charge in [-0.3, -0.25) is 0 Å². The van der Waals surface area contributed by atoms with Gasteiger partial charge < -0.3 is 5.32 Å². The summed E-state index contributed by atoms with van der Waals surface area (Å²) in [6.45, 7) is 4.11. The molecule has 2 rings (SSSR count). The third-order valence-electron chi connectivity index (χ3n) is 2.70. The first kappa shape index (κ1) is 12.4. The second kappa shape index (κ2) is 5.07. The zero-order valence-corrected chi connectivity index (χ0v) is 10.9. The summed E-state index contributed by atoms with van der Waals surface area (Å²) in [4.78, 5) is 4.13. The predicted octanol–water partition coefficient (Wildman–Crippen LogP) is 3.97. The van der Waals surface area contributed by atoms with Crippen LogP contribution in [0.5, 0.6) is 0 Å². The second-order valence-corrected chi connectivity index (χ2v) is 4.49. The van der Waals surface area contributed by atoms with Crippen molar-refractivity contribution in [2.75, 3.05) is 5.32 Å². The first-order valence-corrected chi connectivity index (χ1v) is 5.88. The Morgan fingerprint density at radius 1 is 1.17 bits per heavy atom. The van der Waals surface area contributed by atoms with Crippen molar-refractivity contribution in [2.24, 2.45) is 0 Å². The Bertz CT molecular complexity index is 629. The molecule has 90 valence electrons. The molecule has 1 aromatic heterocycles. The highest BCUT2D eigenvalue weighted by molar-refractivity contribution is 6.29. The minimum absolute atomic E-state index is 0.306. The van der Waals surface area contributed by atoms with Crippen LogP contribution < -0.4 is 5.32 Å². The first-order valence-electron chi connectivity index (χ1n) is 5.50. The molecule has 2 aromatic rings. The molecule has 0 bridgehead atoms. The van der Waals surface area contributed by atoms with Crippen LogP contribution in [0.4, 0.5) is 11.5 Å². The number of benzene rings is 1. The maximum atomic E-state index is 8.87. The number of nitrogens with zero attached hydrogens (tertiary/aromatic N) is 2. The Kier molecular flexibility index (Phi) is 3.50. The fourth-order valence-corrected chi connectivity index (χ4v) is 1.80. The van der Waals surface area contributed by atoms with Gasteiger partial charge in [0.15, 0.2) is 0 Å². The van der Waals surface area contributed by atoms with E-state index in [1.165, 1.54) is 17.2 Å². The van der Waals surface area contributed by atoms with E-state index < -0.39 is 0 Å². The summed E-state index contributed by atoms with van der Waals surface area (Å²) >= 11 is 5.85. The molecule has 0 saturated heterocycles. The van der Waals surface area contributed by atoms with Crippen LogP contribution in [0.15, 0.2) is 30.3 Å². The van der Waals surface area contributed by atoms with Gasteiger partial charge in [-0.25, -0.2) is 4.98 Å². The minimum atomic E-state index is 0.306. The van der Waals surface area contributed by atoms with E-state index in [0.717, 1.165) is 5.69 Å². The highest BCUT2D eigenvalue weighted by Gasteiger charge is 2.02. The molecule has 1 N–H and O–H groups in total. The molecule has 0 atom stereocenters. The van der Waals surface area contributed by atoms with E-state index >= 15 is 0 Å². The molecular weight excluding hydrogens is 246 g/mol. The molecule has 3 nitrogen and oxygen atoms in total. The standard InChI is InChI=1S/C14H12ClN3/c1-9-3-4-12(5-10(9)2)17-14-7-11(8-16)6-13(15)18-14/h3-7H,1-2H3,(H,17,18). The smallest absolute Gasteiger partial charge is 0.133 e. The summed E-state index contributed by atoms with van der Waals surface area (Å²) < 4.78 is 0. The van der Waals surface area contributed by atoms with Crippen molar-refractivity contribution < 1.29 is 0 Å². The fraction of sp³-hybridized carbons (Fsp3) is 0.143. The topological polar surface area (TPSA) is 48.7 Å². The number of rotatable bonds is 2. The summed E-state index contributed by atoms with van der Waals surface area (Å²) in [5.74, 6) is 0.572. The highest BCUT2D eigenvalue weighted by atomic mass is 35.5. The van der Waals surface area contributed by atoms with Crippen molar-refractivity contribution in [1.29, 1.82) is 5.26 Å². The zero-order valence-electron chi connectivity index (χ0n) is 10.2. The quantitative estimate of drug-likeness (QED) is 0.828. The molecule has 0 saturated carbocycles. The summed E-state index contributed by atoms with van der Waals surface area (Å²) in [5, 5.41) is 12.3. The van der Waals surface area contributed by atoms with Crippen LogP contribution >= 0.6 is 11.6 Å². The van der Waals surface area contributed by atoms with Crippen molar-refractivity contribution in [3.8, 4) is 6.07 Å². The highest BCUT2D eigenvalue weighted by Crippen LogP contribution is 2.20. The second-order valence-electron chi connectivity index (χ2n) is 4.10. The SMILES string of the molecule is Cc1ccc(Nc2cc(C#N)cc(Cl)n2)cc1C. The molecule has 0 radical (unpaired) electrons. The van der Waals surface area contributed by atoms with Crippen molar-refractivity contribution in [2.45, 2.75) is 13.8 Å². The maximum Gasteiger partial charge on any atom is 0.133 e. The van der Waals surface area contributed by atoms with Gasteiger partial charge in [0, 0.05) is 5.69 Å². The van der Waals surface area contributed by atoms with Crippen LogP contribution in [0.2, 0.25) is 5.15 Å². The molecule has 18 heavy (non-hydrogen) atoms. The monoisotopic (exact) mass is 257 g/mol. The number of halogens is 1. The molecule has 0 aliphatic carbocycles. The summed E-state index contributed by atoms with van der Waals surface area (Å²) in [6, 6.07) is 11.3. The number of aryl methyl sites for hydroxylation is 2. The van der Waals surface area contributed by atoms with Crippen LogP contribution in [-0.4, -0.2) is 4.98 Å². The van der Waals surface area contributed by atoms with Gasteiger partial charge in [0.25, 0.3) is 0 Å². The number of hydrogen-bond acceptors (Lipinski definition) is 3. The molecule has 0 aliphatic heterocycles. The Morgan fingerprint density at radius 2 is 1.94 bits per heavy atom. The third-order valence-corrected chi connectivity index (χ3v) is 2.90. The lowest BCUT2D eigenvalue weighted by atomic mass is 10.1. The van der Waals surface area contributed by atoms with Crippen LogP contribution in [0, 0.1) is 25.2 Å². The third kappa shape index (κ3) is 2.79. The van der Waals surface area contributed by atoms with E-state index in [-0.39, 0.29) is 0 Å². The van der Waals surface area contributed by atoms with E-state index in [2.05, 4.69) is 23.3 Å². The van der Waals surface area contributed by atoms with Gasteiger partial charge >= 0.3 is 0 Å². The fourth-order valence-electron chi connectivity index (χ4n) is 1.59. The van der Waals surface area contributed by atoms with Gasteiger partial charge in [0.05, 0.1) is 11.6 Å². The largest absolute Gasteiger partial charge is 0.340 e. The average molecular weight is 258 g/mol. The van der Waals surface area contributed by atoms with Gasteiger partial charge in [0.1, 0.15) is 11.0 Å². The van der Waals surface area contributed by atoms with E-state index in [4.69, 9.17) is 16.9 Å². The number of nitrogens with one attached hydrogen (secondary N) is 1. The number of anilines is 2. The maximum absolute atomic E-state index is 8.87. The van der Waals surface area contributed by atoms with Crippen molar-refractivity contribution in [1.82, 2.24) is 4.98 Å². The zero-order chi connectivity index (χ0) is 13.1. The Labute approximate surface area is 111 Å². The van der Waals surface area contributed by atoms with Crippen LogP contribution in [0.25, 0.3) is 0 Å². The Balaban J connectivity index is 2.31. The minimum Gasteiger partial charge on any atom is -0.340 e. The number of pyridine rings is 1. The van der Waals surface area contributed by atoms with Crippen LogP contribution in [0.3, 0.4) is 0 Å². The van der Waals surface area contributed by atoms with Gasteiger partial charge in [-0.2, -0.15) is 5.26 Å². The number of nitriles is 1. The van der Waals surface area contributed by atoms with Gasteiger partial charge in [-0.05, 0) is 49.2 Å². The molecule has 1 aromatic carbocycles. The van der Waals surface area contributed by atoms with E-state index in [1.54, 1.807) is 6.07 Å². The van der Waals surface area contributed by atoms with Crippen LogP contribution in [-0.2, 0) is 0 Å². The average Bonchev–Trinajstić information content (AvgIpc) is 2.33. The lowest BCUT2D eigenvalue weighted by Gasteiger charge is -2.08. The summed E-state index contributed by atoms with van der Waals surface area (Å²) in [6.07, 6.45) is 0. The molecule has 1 heterocycles. The van der Waals surface area contributed by atoms with Crippen molar-refractivity contribution >= 4 is 23.1 Å². The molecule has 0 fully saturated rings. The normalized spacial score (nSPS) is 9.89. The molecule has 0 aliphatic rings. The van der Waals surface area contributed by atoms with Gasteiger partial charge in [0.2, 0.25) is 0 Å². The lowest BCUT2D eigenvalue weighted by molar-refractivity contribution is 1.28. The molecule has 0 amide bonds. The molecule has 0 spiro atoms. The lowest BCUT2D eigenvalue weighted by Crippen LogP contribution is -1.95. The van der Waals surface area contributed by atoms with E-state index in [0.29, 0.717) is 16.5 Å². The van der Waals surface area contributed by atoms with Crippen molar-refractivity contribution in [3.63, 3.8) is 0 Å². The van der Waals surface area contributed by atoms with Crippen LogP contribution in [0.1, 0.15) is 16.7 Å². The van der Waals surface area contributed by atoms with Gasteiger partial charge in [-0.1, -0.05) is 17.7 Å². The predicted molar refractivity (Wildman–Crippen MR) is 73.2 cm³/mol. The number of aromatic nitrogens is 1. The van der Waals surface area contributed by atoms with Crippen molar-refractivity contribution in [3.05, 3.63) is 52.2 Å². The van der Waals surface area contributed by atoms with E-state index in [1.807, 2.05) is 25.1 Å². The summed E-state index contributed by atoms with van der Waals surface area (Å²) in [5.41, 5.74) is 3.85. The Hall–Kier alpha value is -2.05. The molecular formula is C14H12ClN3. The first-order chi connectivity index (χ1) is 8.58. The molecule has 4 heteroatoms. The van der Waals surface area contributed by atoms with Gasteiger partial charge in [-0.15, -0.1) is 0 Å². The Morgan fingerprint density at radius 3 is 2.61 bits per heavy atom. The summed E-state index contributed by atoms with van der Waals surface area (Å²) in [7, 11) is 0.